The number of nitrogens with zero attached hydrogens (tertiary/aromatic N) is 3. The quantitative estimate of drug-likeness (QED) is 0.157. The molecule has 0 spiro atoms. The largest absolute Gasteiger partial charge is 0.497 e. The van der Waals surface area contributed by atoms with E-state index >= 15 is 0 Å². The maximum absolute atomic E-state index is 5.36. The minimum atomic E-state index is 0. The summed E-state index contributed by atoms with van der Waals surface area (Å²) in [4.78, 5) is 2.23. The van der Waals surface area contributed by atoms with Gasteiger partial charge in [0.1, 0.15) is 11.5 Å². The number of ether oxygens (including phenoxy) is 2. The molecule has 5 nitrogen and oxygen atoms in total. The van der Waals surface area contributed by atoms with Crippen molar-refractivity contribution in [3.05, 3.63) is 97.3 Å². The minimum absolute atomic E-state index is 0. The van der Waals surface area contributed by atoms with Gasteiger partial charge in [0.15, 0.2) is 18.9 Å². The van der Waals surface area contributed by atoms with Gasteiger partial charge in [0.25, 0.3) is 0 Å². The molecule has 0 aliphatic heterocycles. The lowest BCUT2D eigenvalue weighted by molar-refractivity contribution is -0.873. The van der Waals surface area contributed by atoms with Gasteiger partial charge in [-0.3, -0.25) is 0 Å². The monoisotopic (exact) mass is 563 g/mol. The normalized spacial score (nSPS) is 10.9. The lowest BCUT2D eigenvalue weighted by Crippen LogP contribution is -2.39. The third-order valence-corrected chi connectivity index (χ3v) is 6.26. The fraction of sp³-hybridized carbons (Fsp3) is 0.258. The Balaban J connectivity index is 0.00000380. The van der Waals surface area contributed by atoms with Gasteiger partial charge in [-0.2, -0.15) is 0 Å². The topological polar surface area (TPSA) is 25.6 Å². The summed E-state index contributed by atoms with van der Waals surface area (Å²) in [5.41, 5.74) is 5.61. The summed E-state index contributed by atoms with van der Waals surface area (Å²) < 4.78 is 14.0. The highest BCUT2D eigenvalue weighted by atomic mass is 79.9. The van der Waals surface area contributed by atoms with Gasteiger partial charge < -0.3 is 18.9 Å². The lowest BCUT2D eigenvalue weighted by Gasteiger charge is -2.26. The van der Waals surface area contributed by atoms with Gasteiger partial charge in [-0.25, -0.2) is 4.57 Å². The fourth-order valence-electron chi connectivity index (χ4n) is 4.24. The molecule has 4 rings (SSSR count). The summed E-state index contributed by atoms with van der Waals surface area (Å²) in [6.45, 7) is 2.20. The third kappa shape index (κ3) is 7.57. The zero-order valence-electron chi connectivity index (χ0n) is 22.4. The van der Waals surface area contributed by atoms with E-state index in [-0.39, 0.29) is 17.0 Å². The van der Waals surface area contributed by atoms with Crippen LogP contribution < -0.4 is 18.9 Å². The Labute approximate surface area is 231 Å². The molecule has 1 aromatic heterocycles. The van der Waals surface area contributed by atoms with Gasteiger partial charge in [-0.05, 0) is 71.8 Å². The van der Waals surface area contributed by atoms with Gasteiger partial charge >= 0.3 is 0 Å². The molecule has 194 valence electrons. The first-order valence-corrected chi connectivity index (χ1v) is 12.3. The first kappa shape index (κ1) is 28.2. The molecule has 1 heterocycles. The summed E-state index contributed by atoms with van der Waals surface area (Å²) in [5.74, 6) is 1.67. The van der Waals surface area contributed by atoms with Crippen molar-refractivity contribution in [2.45, 2.75) is 13.0 Å². The van der Waals surface area contributed by atoms with Gasteiger partial charge in [0, 0.05) is 29.2 Å². The molecular weight excluding hydrogens is 526 g/mol. The molecule has 0 radical (unpaired) electrons. The molecule has 0 bridgehead atoms. The number of methoxy groups -OCH3 is 2. The Kier molecular flexibility index (Phi) is 9.73. The zero-order chi connectivity index (χ0) is 25.5. The SMILES string of the molecule is Br.COc1ccc(N(c2ccc(OC)cc2)c2ccc(-c3cc[n+](CCC[N+](C)(C)C)cc3)cc2)cc1. The second-order valence-electron chi connectivity index (χ2n) is 9.97. The van der Waals surface area contributed by atoms with Gasteiger partial charge in [0.2, 0.25) is 0 Å². The number of aryl methyl sites for hydroxylation is 1. The van der Waals surface area contributed by atoms with Crippen LogP contribution in [-0.4, -0.2) is 46.4 Å². The van der Waals surface area contributed by atoms with Crippen LogP contribution in [0.5, 0.6) is 11.5 Å². The summed E-state index contributed by atoms with van der Waals surface area (Å²) in [5, 5.41) is 0. The van der Waals surface area contributed by atoms with Crippen LogP contribution in [-0.2, 0) is 6.54 Å². The molecule has 0 unspecified atom stereocenters. The number of anilines is 3. The van der Waals surface area contributed by atoms with E-state index in [2.05, 4.69) is 104 Å². The van der Waals surface area contributed by atoms with E-state index in [0.29, 0.717) is 0 Å². The maximum atomic E-state index is 5.36. The maximum Gasteiger partial charge on any atom is 0.169 e. The van der Waals surface area contributed by atoms with E-state index in [1.165, 1.54) is 11.1 Å². The number of rotatable bonds is 10. The number of aromatic nitrogens is 1. The van der Waals surface area contributed by atoms with Crippen LogP contribution in [0.15, 0.2) is 97.3 Å². The highest BCUT2D eigenvalue weighted by Gasteiger charge is 2.14. The Morgan fingerprint density at radius 2 is 1.03 bits per heavy atom. The zero-order valence-corrected chi connectivity index (χ0v) is 24.1. The molecule has 3 aromatic carbocycles. The van der Waals surface area contributed by atoms with Crippen LogP contribution in [0.1, 0.15) is 6.42 Å². The highest BCUT2D eigenvalue weighted by Crippen LogP contribution is 2.36. The fourth-order valence-corrected chi connectivity index (χ4v) is 4.24. The van der Waals surface area contributed by atoms with E-state index in [1.54, 1.807) is 14.2 Å². The molecule has 6 heteroatoms. The molecule has 0 aliphatic carbocycles. The van der Waals surface area contributed by atoms with Gasteiger partial charge in [-0.15, -0.1) is 17.0 Å². The number of quaternary nitrogens is 1. The molecule has 0 amide bonds. The summed E-state index contributed by atoms with van der Waals surface area (Å²) in [7, 11) is 10.1. The first-order valence-electron chi connectivity index (χ1n) is 12.3. The van der Waals surface area contributed by atoms with Crippen molar-refractivity contribution in [3.63, 3.8) is 0 Å². The van der Waals surface area contributed by atoms with Crippen molar-refractivity contribution < 1.29 is 18.5 Å². The summed E-state index contributed by atoms with van der Waals surface area (Å²) in [6, 6.07) is 29.4. The molecule has 0 aliphatic rings. The third-order valence-electron chi connectivity index (χ3n) is 6.26. The number of pyridine rings is 1. The summed E-state index contributed by atoms with van der Waals surface area (Å²) >= 11 is 0. The molecular formula is C31H38BrN3O2+2. The smallest absolute Gasteiger partial charge is 0.169 e. The molecule has 0 saturated heterocycles. The van der Waals surface area contributed by atoms with E-state index < -0.39 is 0 Å². The number of hydrogen-bond donors (Lipinski definition) is 0. The molecule has 0 N–H and O–H groups in total. The Hall–Kier alpha value is -3.35. The predicted molar refractivity (Wildman–Crippen MR) is 158 cm³/mol. The van der Waals surface area contributed by atoms with Crippen LogP contribution in [0.25, 0.3) is 11.1 Å². The van der Waals surface area contributed by atoms with Crippen LogP contribution in [0.3, 0.4) is 0 Å². The molecule has 0 atom stereocenters. The van der Waals surface area contributed by atoms with Crippen LogP contribution in [0.2, 0.25) is 0 Å². The predicted octanol–water partition coefficient (Wildman–Crippen LogP) is 6.80. The first-order chi connectivity index (χ1) is 17.4. The molecule has 0 saturated carbocycles. The molecule has 4 aromatic rings. The second-order valence-corrected chi connectivity index (χ2v) is 9.97. The standard InChI is InChI=1S/C31H37N3O2.BrH/c1-34(2,3)24-6-21-32-22-19-26(20-23-32)25-7-9-27(10-8-25)33(28-11-15-30(35-4)16-12-28)29-13-17-31(36-5)18-14-29;/h7-20,22-23H,6,21,24H2,1-5H3;1H/q+2;. The number of benzene rings is 3. The van der Waals surface area contributed by atoms with Crippen LogP contribution in [0.4, 0.5) is 17.1 Å². The molecule has 0 fully saturated rings. The van der Waals surface area contributed by atoms with E-state index in [1.807, 2.05) is 24.3 Å². The second kappa shape index (κ2) is 12.7. The van der Waals surface area contributed by atoms with Crippen molar-refractivity contribution in [3.8, 4) is 22.6 Å². The van der Waals surface area contributed by atoms with Crippen LogP contribution >= 0.6 is 17.0 Å². The number of hydrogen-bond acceptors (Lipinski definition) is 3. The van der Waals surface area contributed by atoms with Gasteiger partial charge in [-0.1, -0.05) is 12.1 Å². The minimum Gasteiger partial charge on any atom is -0.497 e. The summed E-state index contributed by atoms with van der Waals surface area (Å²) in [6.07, 6.45) is 5.52. The average Bonchev–Trinajstić information content (AvgIpc) is 2.90. The van der Waals surface area contributed by atoms with Gasteiger partial charge in [0.05, 0.1) is 48.3 Å². The Morgan fingerprint density at radius 1 is 0.622 bits per heavy atom. The Bertz CT molecular complexity index is 1190. The van der Waals surface area contributed by atoms with E-state index in [0.717, 1.165) is 52.6 Å². The van der Waals surface area contributed by atoms with Crippen molar-refractivity contribution in [1.82, 2.24) is 0 Å². The lowest BCUT2D eigenvalue weighted by atomic mass is 10.1. The Morgan fingerprint density at radius 3 is 1.43 bits per heavy atom. The van der Waals surface area contributed by atoms with Crippen molar-refractivity contribution in [2.75, 3.05) is 46.8 Å². The average molecular weight is 565 g/mol. The number of halogens is 1. The van der Waals surface area contributed by atoms with Crippen molar-refractivity contribution in [2.24, 2.45) is 0 Å². The van der Waals surface area contributed by atoms with Crippen molar-refractivity contribution >= 4 is 34.0 Å². The van der Waals surface area contributed by atoms with E-state index in [9.17, 15) is 0 Å². The highest BCUT2D eigenvalue weighted by molar-refractivity contribution is 8.93. The van der Waals surface area contributed by atoms with E-state index in [4.69, 9.17) is 9.47 Å². The van der Waals surface area contributed by atoms with Crippen molar-refractivity contribution in [1.29, 1.82) is 0 Å². The van der Waals surface area contributed by atoms with Crippen LogP contribution in [0, 0.1) is 0 Å². The molecule has 37 heavy (non-hydrogen) atoms.